The van der Waals surface area contributed by atoms with Gasteiger partial charge in [-0.15, -0.1) is 11.8 Å². The van der Waals surface area contributed by atoms with Crippen LogP contribution < -0.4 is 0 Å². The van der Waals surface area contributed by atoms with Gasteiger partial charge in [0.25, 0.3) is 0 Å². The van der Waals surface area contributed by atoms with Gasteiger partial charge >= 0.3 is 7.82 Å². The molecule has 0 N–H and O–H groups in total. The van der Waals surface area contributed by atoms with Crippen molar-refractivity contribution >= 4 is 19.6 Å². The lowest BCUT2D eigenvalue weighted by atomic mass is 9.99. The van der Waals surface area contributed by atoms with Crippen LogP contribution in [-0.4, -0.2) is 19.0 Å². The van der Waals surface area contributed by atoms with Gasteiger partial charge in [0.15, 0.2) is 0 Å². The van der Waals surface area contributed by atoms with Crippen molar-refractivity contribution < 1.29 is 18.1 Å². The average Bonchev–Trinajstić information content (AvgIpc) is 2.48. The fraction of sp³-hybridized carbons (Fsp3) is 0.733. The molecule has 21 heavy (non-hydrogen) atoms. The molecule has 0 heterocycles. The Hall–Kier alpha value is -0.220. The Balaban J connectivity index is 2.86. The summed E-state index contributed by atoms with van der Waals surface area (Å²) in [6, 6.07) is 0. The molecule has 0 saturated heterocycles. The van der Waals surface area contributed by atoms with Crippen LogP contribution in [0.2, 0.25) is 0 Å². The Labute approximate surface area is 132 Å². The van der Waals surface area contributed by atoms with Crippen LogP contribution >= 0.6 is 19.6 Å². The first-order valence-electron chi connectivity index (χ1n) is 7.75. The van der Waals surface area contributed by atoms with E-state index in [9.17, 15) is 4.57 Å². The summed E-state index contributed by atoms with van der Waals surface area (Å²) in [5, 5.41) is 1.95. The highest BCUT2D eigenvalue weighted by Crippen LogP contribution is 2.52. The van der Waals surface area contributed by atoms with Gasteiger partial charge in [-0.1, -0.05) is 13.0 Å². The van der Waals surface area contributed by atoms with E-state index in [0.29, 0.717) is 19.0 Å². The molecule has 0 radical (unpaired) electrons. The van der Waals surface area contributed by atoms with Crippen LogP contribution in [0.5, 0.6) is 0 Å². The molecule has 0 amide bonds. The standard InChI is InChI=1S/C15H27O4PS/c1-4-12-21-13-15(14-10-8-7-9-11-14)19-20(16,17-5-2)18-6-3/h10,13H,4-9,11-12H2,1-3H3/b15-13-. The molecule has 1 rings (SSSR count). The molecule has 1 aliphatic rings. The highest BCUT2D eigenvalue weighted by molar-refractivity contribution is 8.02. The van der Waals surface area contributed by atoms with Crippen molar-refractivity contribution in [1.29, 1.82) is 0 Å². The zero-order chi connectivity index (χ0) is 15.6. The summed E-state index contributed by atoms with van der Waals surface area (Å²) >= 11 is 1.67. The van der Waals surface area contributed by atoms with Crippen LogP contribution in [0.15, 0.2) is 22.8 Å². The number of hydrogen-bond donors (Lipinski definition) is 0. The molecule has 1 aliphatic carbocycles. The van der Waals surface area contributed by atoms with E-state index in [0.717, 1.165) is 37.0 Å². The van der Waals surface area contributed by atoms with E-state index >= 15 is 0 Å². The predicted molar refractivity (Wildman–Crippen MR) is 89.3 cm³/mol. The quantitative estimate of drug-likeness (QED) is 0.293. The van der Waals surface area contributed by atoms with Gasteiger partial charge in [-0.3, -0.25) is 9.05 Å². The van der Waals surface area contributed by atoms with Gasteiger partial charge in [-0.25, -0.2) is 4.57 Å². The molecular formula is C15H27O4PS. The maximum Gasteiger partial charge on any atom is 0.530 e. The highest BCUT2D eigenvalue weighted by Gasteiger charge is 2.29. The fourth-order valence-corrected chi connectivity index (χ4v) is 4.00. The highest BCUT2D eigenvalue weighted by atomic mass is 32.2. The number of thioether (sulfide) groups is 1. The van der Waals surface area contributed by atoms with E-state index in [2.05, 4.69) is 13.0 Å². The molecule has 0 bridgehead atoms. The summed E-state index contributed by atoms with van der Waals surface area (Å²) in [6.45, 7) is 6.29. The van der Waals surface area contributed by atoms with E-state index in [4.69, 9.17) is 13.6 Å². The van der Waals surface area contributed by atoms with Crippen LogP contribution in [0.25, 0.3) is 0 Å². The third-order valence-corrected chi connectivity index (χ3v) is 5.50. The number of hydrogen-bond acceptors (Lipinski definition) is 5. The lowest BCUT2D eigenvalue weighted by molar-refractivity contribution is 0.147. The van der Waals surface area contributed by atoms with Gasteiger partial charge in [0, 0.05) is 5.41 Å². The first kappa shape index (κ1) is 18.8. The number of allylic oxidation sites excluding steroid dienone is 2. The summed E-state index contributed by atoms with van der Waals surface area (Å²) < 4.78 is 28.7. The van der Waals surface area contributed by atoms with Gasteiger partial charge in [0.05, 0.1) is 13.2 Å². The van der Waals surface area contributed by atoms with E-state index in [1.54, 1.807) is 25.6 Å². The minimum atomic E-state index is -3.51. The van der Waals surface area contributed by atoms with Gasteiger partial charge in [0.2, 0.25) is 0 Å². The number of rotatable bonds is 10. The molecule has 0 unspecified atom stereocenters. The Morgan fingerprint density at radius 3 is 2.52 bits per heavy atom. The minimum absolute atomic E-state index is 0.297. The smallest absolute Gasteiger partial charge is 0.403 e. The maximum absolute atomic E-state index is 12.6. The lowest BCUT2D eigenvalue weighted by Crippen LogP contribution is -2.04. The van der Waals surface area contributed by atoms with Gasteiger partial charge in [0.1, 0.15) is 5.76 Å². The van der Waals surface area contributed by atoms with Crippen molar-refractivity contribution in [2.75, 3.05) is 19.0 Å². The maximum atomic E-state index is 12.6. The molecule has 0 aromatic carbocycles. The second kappa shape index (κ2) is 10.5. The molecule has 0 saturated carbocycles. The van der Waals surface area contributed by atoms with Crippen molar-refractivity contribution in [3.05, 3.63) is 22.8 Å². The zero-order valence-corrected chi connectivity index (χ0v) is 15.0. The zero-order valence-electron chi connectivity index (χ0n) is 13.3. The second-order valence-electron chi connectivity index (χ2n) is 4.70. The normalized spacial score (nSPS) is 16.7. The summed E-state index contributed by atoms with van der Waals surface area (Å²) in [5.41, 5.74) is 1.12. The Morgan fingerprint density at radius 2 is 2.00 bits per heavy atom. The Morgan fingerprint density at radius 1 is 1.29 bits per heavy atom. The molecule has 0 aromatic heterocycles. The molecule has 0 spiro atoms. The fourth-order valence-electron chi connectivity index (χ4n) is 2.00. The van der Waals surface area contributed by atoms with Crippen molar-refractivity contribution in [1.82, 2.24) is 0 Å². The first-order chi connectivity index (χ1) is 10.1. The molecule has 122 valence electrons. The van der Waals surface area contributed by atoms with Crippen molar-refractivity contribution in [3.8, 4) is 0 Å². The average molecular weight is 334 g/mol. The molecule has 0 aliphatic heterocycles. The van der Waals surface area contributed by atoms with Gasteiger partial charge < -0.3 is 4.52 Å². The largest absolute Gasteiger partial charge is 0.530 e. The van der Waals surface area contributed by atoms with Crippen LogP contribution in [0.4, 0.5) is 0 Å². The molecule has 6 heteroatoms. The van der Waals surface area contributed by atoms with Crippen LogP contribution in [0.1, 0.15) is 52.9 Å². The number of phosphoric acid groups is 1. The Kier molecular flexibility index (Phi) is 9.41. The van der Waals surface area contributed by atoms with Crippen molar-refractivity contribution in [2.24, 2.45) is 0 Å². The molecule has 4 nitrogen and oxygen atoms in total. The van der Waals surface area contributed by atoms with E-state index in [-0.39, 0.29) is 0 Å². The van der Waals surface area contributed by atoms with E-state index < -0.39 is 7.82 Å². The molecule has 0 aromatic rings. The molecule has 0 atom stereocenters. The summed E-state index contributed by atoms with van der Waals surface area (Å²) in [4.78, 5) is 0. The third-order valence-electron chi connectivity index (χ3n) is 2.90. The van der Waals surface area contributed by atoms with Crippen molar-refractivity contribution in [2.45, 2.75) is 52.9 Å². The van der Waals surface area contributed by atoms with Crippen LogP contribution in [0.3, 0.4) is 0 Å². The minimum Gasteiger partial charge on any atom is -0.403 e. The number of phosphoric ester groups is 1. The van der Waals surface area contributed by atoms with E-state index in [1.165, 1.54) is 6.42 Å². The van der Waals surface area contributed by atoms with Crippen molar-refractivity contribution in [3.63, 3.8) is 0 Å². The third kappa shape index (κ3) is 7.05. The summed E-state index contributed by atoms with van der Waals surface area (Å²) in [6.07, 6.45) is 7.59. The van der Waals surface area contributed by atoms with E-state index in [1.807, 2.05) is 5.41 Å². The molecular weight excluding hydrogens is 307 g/mol. The van der Waals surface area contributed by atoms with Crippen LogP contribution in [0, 0.1) is 0 Å². The van der Waals surface area contributed by atoms with Gasteiger partial charge in [-0.2, -0.15) is 0 Å². The topological polar surface area (TPSA) is 44.8 Å². The SMILES string of the molecule is CCCS/C=C(\OP(=O)(OCC)OCC)C1=CCCCC1. The summed E-state index contributed by atoms with van der Waals surface area (Å²) in [7, 11) is -3.51. The predicted octanol–water partition coefficient (Wildman–Crippen LogP) is 5.67. The first-order valence-corrected chi connectivity index (χ1v) is 10.3. The van der Waals surface area contributed by atoms with Crippen LogP contribution in [-0.2, 0) is 18.1 Å². The Bertz CT molecular complexity index is 396. The summed E-state index contributed by atoms with van der Waals surface area (Å²) in [5.74, 6) is 1.66. The second-order valence-corrected chi connectivity index (χ2v) is 7.27. The van der Waals surface area contributed by atoms with Gasteiger partial charge in [-0.05, 0) is 57.3 Å². The lowest BCUT2D eigenvalue weighted by Gasteiger charge is -2.22. The molecule has 0 fully saturated rings. The monoisotopic (exact) mass is 334 g/mol.